The summed E-state index contributed by atoms with van der Waals surface area (Å²) in [7, 11) is 0. The molecule has 1 aliphatic heterocycles. The number of carboxylic acids is 1. The van der Waals surface area contributed by atoms with E-state index in [4.69, 9.17) is 5.11 Å². The van der Waals surface area contributed by atoms with Gasteiger partial charge in [-0.05, 0) is 32.0 Å². The molecule has 1 saturated heterocycles. The number of aromatic amines is 1. The number of carboxylic acid groups (broad SMARTS) is 1. The fourth-order valence-corrected chi connectivity index (χ4v) is 1.79. The number of hydrogen-bond acceptors (Lipinski definition) is 3. The van der Waals surface area contributed by atoms with Gasteiger partial charge in [-0.15, -0.1) is 0 Å². The van der Waals surface area contributed by atoms with E-state index >= 15 is 0 Å². The van der Waals surface area contributed by atoms with Crippen LogP contribution in [0, 0.1) is 0 Å². The second-order valence-corrected chi connectivity index (χ2v) is 3.54. The summed E-state index contributed by atoms with van der Waals surface area (Å²) in [6.45, 7) is 1.98. The second-order valence-electron chi connectivity index (χ2n) is 3.54. The summed E-state index contributed by atoms with van der Waals surface area (Å²) in [5, 5.41) is 18.5. The Balaban J connectivity index is 2.11. The van der Waals surface area contributed by atoms with E-state index in [2.05, 4.69) is 15.5 Å². The van der Waals surface area contributed by atoms with Gasteiger partial charge in [0.15, 0.2) is 5.69 Å². The Labute approximate surface area is 81.5 Å². The average Bonchev–Trinajstić information content (AvgIpc) is 2.68. The quantitative estimate of drug-likeness (QED) is 0.645. The maximum atomic E-state index is 10.6. The Hall–Kier alpha value is -1.36. The van der Waals surface area contributed by atoms with Gasteiger partial charge in [-0.3, -0.25) is 5.10 Å². The molecule has 0 unspecified atom stereocenters. The monoisotopic (exact) mass is 195 g/mol. The van der Waals surface area contributed by atoms with E-state index in [1.165, 1.54) is 0 Å². The standard InChI is InChI=1S/C9H13N3O2/c13-9(14)8-5-7(11-12-8)6-1-3-10-4-2-6/h5-6,10H,1-4H2,(H,11,12)(H,13,14). The maximum absolute atomic E-state index is 10.6. The van der Waals surface area contributed by atoms with Gasteiger partial charge < -0.3 is 10.4 Å². The Kier molecular flexibility index (Phi) is 2.49. The van der Waals surface area contributed by atoms with Gasteiger partial charge in [0, 0.05) is 11.6 Å². The molecule has 0 saturated carbocycles. The molecule has 0 amide bonds. The van der Waals surface area contributed by atoms with Crippen molar-refractivity contribution in [2.24, 2.45) is 0 Å². The highest BCUT2D eigenvalue weighted by atomic mass is 16.4. The van der Waals surface area contributed by atoms with Crippen LogP contribution in [0.1, 0.15) is 34.9 Å². The van der Waals surface area contributed by atoms with E-state index in [0.29, 0.717) is 5.92 Å². The number of H-pyrrole nitrogens is 1. The number of nitrogens with one attached hydrogen (secondary N) is 2. The van der Waals surface area contributed by atoms with E-state index in [-0.39, 0.29) is 5.69 Å². The first-order valence-corrected chi connectivity index (χ1v) is 4.76. The molecular formula is C9H13N3O2. The fraction of sp³-hybridized carbons (Fsp3) is 0.556. The maximum Gasteiger partial charge on any atom is 0.356 e. The molecule has 3 N–H and O–H groups in total. The first-order chi connectivity index (χ1) is 6.77. The summed E-state index contributed by atoms with van der Waals surface area (Å²) < 4.78 is 0. The Morgan fingerprint density at radius 1 is 1.50 bits per heavy atom. The molecule has 0 radical (unpaired) electrons. The van der Waals surface area contributed by atoms with Gasteiger partial charge in [0.25, 0.3) is 0 Å². The normalized spacial score (nSPS) is 18.3. The largest absolute Gasteiger partial charge is 0.476 e. The van der Waals surface area contributed by atoms with Crippen molar-refractivity contribution in [3.8, 4) is 0 Å². The van der Waals surface area contributed by atoms with Crippen molar-refractivity contribution in [2.75, 3.05) is 13.1 Å². The van der Waals surface area contributed by atoms with E-state index in [0.717, 1.165) is 31.6 Å². The number of aromatic nitrogens is 2. The first kappa shape index (κ1) is 9.21. The van der Waals surface area contributed by atoms with Crippen LogP contribution < -0.4 is 5.32 Å². The van der Waals surface area contributed by atoms with Crippen molar-refractivity contribution >= 4 is 5.97 Å². The predicted octanol–water partition coefficient (Wildman–Crippen LogP) is 0.575. The minimum Gasteiger partial charge on any atom is -0.476 e. The molecule has 1 aromatic heterocycles. The summed E-state index contributed by atoms with van der Waals surface area (Å²) in [4.78, 5) is 10.6. The summed E-state index contributed by atoms with van der Waals surface area (Å²) in [6, 6.07) is 1.64. The summed E-state index contributed by atoms with van der Waals surface area (Å²) in [6.07, 6.45) is 2.09. The van der Waals surface area contributed by atoms with Gasteiger partial charge in [0.2, 0.25) is 0 Å². The fourth-order valence-electron chi connectivity index (χ4n) is 1.79. The van der Waals surface area contributed by atoms with Crippen molar-refractivity contribution in [1.29, 1.82) is 0 Å². The van der Waals surface area contributed by atoms with Crippen LogP contribution in [0.3, 0.4) is 0 Å². The van der Waals surface area contributed by atoms with Crippen LogP contribution in [0.4, 0.5) is 0 Å². The van der Waals surface area contributed by atoms with E-state index in [1.54, 1.807) is 6.07 Å². The van der Waals surface area contributed by atoms with E-state index in [9.17, 15) is 4.79 Å². The number of aromatic carboxylic acids is 1. The van der Waals surface area contributed by atoms with Crippen LogP contribution in [0.15, 0.2) is 6.07 Å². The highest BCUT2D eigenvalue weighted by Crippen LogP contribution is 2.23. The first-order valence-electron chi connectivity index (χ1n) is 4.76. The molecule has 2 heterocycles. The minimum absolute atomic E-state index is 0.110. The zero-order valence-electron chi connectivity index (χ0n) is 7.79. The molecule has 1 fully saturated rings. The Morgan fingerprint density at radius 2 is 2.21 bits per heavy atom. The van der Waals surface area contributed by atoms with Crippen LogP contribution in [0.5, 0.6) is 0 Å². The molecule has 0 bridgehead atoms. The van der Waals surface area contributed by atoms with Gasteiger partial charge in [-0.2, -0.15) is 5.10 Å². The van der Waals surface area contributed by atoms with Gasteiger partial charge in [-0.1, -0.05) is 0 Å². The molecule has 5 nitrogen and oxygen atoms in total. The third-order valence-electron chi connectivity index (χ3n) is 2.60. The number of nitrogens with zero attached hydrogens (tertiary/aromatic N) is 1. The van der Waals surface area contributed by atoms with Crippen LogP contribution in [-0.2, 0) is 0 Å². The van der Waals surface area contributed by atoms with Gasteiger partial charge in [0.05, 0.1) is 0 Å². The molecule has 2 rings (SSSR count). The molecular weight excluding hydrogens is 182 g/mol. The highest BCUT2D eigenvalue weighted by molar-refractivity contribution is 5.85. The SMILES string of the molecule is O=C(O)c1cc(C2CCNCC2)[nH]n1. The topological polar surface area (TPSA) is 78.0 Å². The van der Waals surface area contributed by atoms with Crippen LogP contribution in [0.2, 0.25) is 0 Å². The van der Waals surface area contributed by atoms with Crippen LogP contribution in [-0.4, -0.2) is 34.4 Å². The second kappa shape index (κ2) is 3.79. The lowest BCUT2D eigenvalue weighted by atomic mass is 9.95. The smallest absolute Gasteiger partial charge is 0.356 e. The lowest BCUT2D eigenvalue weighted by Gasteiger charge is -2.20. The zero-order valence-corrected chi connectivity index (χ0v) is 7.79. The van der Waals surface area contributed by atoms with Gasteiger partial charge in [0.1, 0.15) is 0 Å². The van der Waals surface area contributed by atoms with E-state index in [1.807, 2.05) is 0 Å². The predicted molar refractivity (Wildman–Crippen MR) is 50.4 cm³/mol. The molecule has 14 heavy (non-hydrogen) atoms. The van der Waals surface area contributed by atoms with Gasteiger partial charge in [-0.25, -0.2) is 4.79 Å². The number of piperidine rings is 1. The van der Waals surface area contributed by atoms with E-state index < -0.39 is 5.97 Å². The third-order valence-corrected chi connectivity index (χ3v) is 2.60. The van der Waals surface area contributed by atoms with Gasteiger partial charge >= 0.3 is 5.97 Å². The summed E-state index contributed by atoms with van der Waals surface area (Å²) in [5.74, 6) is -0.543. The molecule has 1 aromatic rings. The lowest BCUT2D eigenvalue weighted by Crippen LogP contribution is -2.26. The average molecular weight is 195 g/mol. The van der Waals surface area contributed by atoms with Crippen LogP contribution >= 0.6 is 0 Å². The molecule has 5 heteroatoms. The summed E-state index contributed by atoms with van der Waals surface area (Å²) in [5.41, 5.74) is 1.06. The molecule has 1 aliphatic rings. The number of carbonyl (C=O) groups is 1. The van der Waals surface area contributed by atoms with Crippen LogP contribution in [0.25, 0.3) is 0 Å². The lowest BCUT2D eigenvalue weighted by molar-refractivity contribution is 0.0690. The van der Waals surface area contributed by atoms with Crippen molar-refractivity contribution in [2.45, 2.75) is 18.8 Å². The van der Waals surface area contributed by atoms with Crippen molar-refractivity contribution in [1.82, 2.24) is 15.5 Å². The Morgan fingerprint density at radius 3 is 2.79 bits per heavy atom. The van der Waals surface area contributed by atoms with Crippen molar-refractivity contribution in [3.05, 3.63) is 17.5 Å². The Bertz CT molecular complexity index is 329. The van der Waals surface area contributed by atoms with Crippen molar-refractivity contribution in [3.63, 3.8) is 0 Å². The highest BCUT2D eigenvalue weighted by Gasteiger charge is 2.18. The summed E-state index contributed by atoms with van der Waals surface area (Å²) >= 11 is 0. The number of hydrogen-bond donors (Lipinski definition) is 3. The number of rotatable bonds is 2. The third kappa shape index (κ3) is 1.77. The molecule has 0 spiro atoms. The molecule has 76 valence electrons. The molecule has 0 aliphatic carbocycles. The molecule has 0 atom stereocenters. The molecule has 0 aromatic carbocycles. The minimum atomic E-state index is -0.971. The van der Waals surface area contributed by atoms with Crippen molar-refractivity contribution < 1.29 is 9.90 Å². The zero-order chi connectivity index (χ0) is 9.97.